The maximum atomic E-state index is 11.9. The SMILES string of the molecule is Cc1ccc(-c2nnc(CCC(=O)NNC(=O)COc3cccc(C)c3)o2)cc1. The van der Waals surface area contributed by atoms with Crippen molar-refractivity contribution in [2.75, 3.05) is 6.61 Å². The minimum absolute atomic E-state index is 0.0918. The van der Waals surface area contributed by atoms with Crippen LogP contribution in [0, 0.1) is 13.8 Å². The summed E-state index contributed by atoms with van der Waals surface area (Å²) < 4.78 is 10.9. The van der Waals surface area contributed by atoms with Crippen molar-refractivity contribution in [1.82, 2.24) is 21.0 Å². The van der Waals surface area contributed by atoms with Crippen molar-refractivity contribution in [1.29, 1.82) is 0 Å². The van der Waals surface area contributed by atoms with E-state index < -0.39 is 5.91 Å². The minimum atomic E-state index is -0.459. The number of benzene rings is 2. The van der Waals surface area contributed by atoms with Gasteiger partial charge in [0.1, 0.15) is 5.75 Å². The smallest absolute Gasteiger partial charge is 0.276 e. The van der Waals surface area contributed by atoms with Crippen LogP contribution in [0.25, 0.3) is 11.5 Å². The van der Waals surface area contributed by atoms with Crippen LogP contribution in [0.5, 0.6) is 5.75 Å². The highest BCUT2D eigenvalue weighted by Gasteiger charge is 2.11. The standard InChI is InChI=1S/C21H22N4O4/c1-14-6-8-16(9-7-14)21-25-24-20(29-21)11-10-18(26)22-23-19(27)13-28-17-5-3-4-15(2)12-17/h3-9,12H,10-11,13H2,1-2H3,(H,22,26)(H,23,27). The molecule has 0 radical (unpaired) electrons. The average molecular weight is 394 g/mol. The van der Waals surface area contributed by atoms with Crippen molar-refractivity contribution >= 4 is 11.8 Å². The topological polar surface area (TPSA) is 106 Å². The summed E-state index contributed by atoms with van der Waals surface area (Å²) in [5, 5.41) is 7.94. The molecule has 0 bridgehead atoms. The fraction of sp³-hybridized carbons (Fsp3) is 0.238. The number of nitrogens with zero attached hydrogens (tertiary/aromatic N) is 2. The molecule has 0 saturated carbocycles. The first-order valence-electron chi connectivity index (χ1n) is 9.16. The highest BCUT2D eigenvalue weighted by molar-refractivity contribution is 5.82. The number of hydrogen-bond acceptors (Lipinski definition) is 6. The van der Waals surface area contributed by atoms with E-state index in [0.29, 0.717) is 17.5 Å². The zero-order valence-electron chi connectivity index (χ0n) is 16.3. The first-order valence-corrected chi connectivity index (χ1v) is 9.16. The molecule has 0 saturated heterocycles. The fourth-order valence-electron chi connectivity index (χ4n) is 2.48. The molecule has 0 aliphatic heterocycles. The largest absolute Gasteiger partial charge is 0.484 e. The van der Waals surface area contributed by atoms with Gasteiger partial charge in [0.2, 0.25) is 17.7 Å². The molecular formula is C21H22N4O4. The van der Waals surface area contributed by atoms with Crippen LogP contribution >= 0.6 is 0 Å². The molecule has 2 N–H and O–H groups in total. The molecule has 2 amide bonds. The van der Waals surface area contributed by atoms with E-state index in [1.807, 2.05) is 56.3 Å². The minimum Gasteiger partial charge on any atom is -0.484 e. The Balaban J connectivity index is 1.38. The summed E-state index contributed by atoms with van der Waals surface area (Å²) in [4.78, 5) is 23.7. The molecular weight excluding hydrogens is 372 g/mol. The van der Waals surface area contributed by atoms with E-state index in [1.54, 1.807) is 6.07 Å². The van der Waals surface area contributed by atoms with Crippen LogP contribution in [-0.4, -0.2) is 28.6 Å². The molecule has 3 aromatic rings. The second-order valence-corrected chi connectivity index (χ2v) is 6.57. The Morgan fingerprint density at radius 1 is 0.966 bits per heavy atom. The van der Waals surface area contributed by atoms with Gasteiger partial charge in [0.25, 0.3) is 5.91 Å². The van der Waals surface area contributed by atoms with Gasteiger partial charge in [-0.25, -0.2) is 0 Å². The molecule has 8 nitrogen and oxygen atoms in total. The van der Waals surface area contributed by atoms with E-state index in [-0.39, 0.29) is 25.4 Å². The lowest BCUT2D eigenvalue weighted by Gasteiger charge is -2.08. The zero-order valence-corrected chi connectivity index (χ0v) is 16.3. The van der Waals surface area contributed by atoms with Crippen molar-refractivity contribution in [3.63, 3.8) is 0 Å². The van der Waals surface area contributed by atoms with Gasteiger partial charge in [-0.2, -0.15) is 0 Å². The Morgan fingerprint density at radius 3 is 2.48 bits per heavy atom. The molecule has 0 aliphatic carbocycles. The van der Waals surface area contributed by atoms with E-state index >= 15 is 0 Å². The summed E-state index contributed by atoms with van der Waals surface area (Å²) in [6.45, 7) is 3.72. The predicted octanol–water partition coefficient (Wildman–Crippen LogP) is 2.51. The van der Waals surface area contributed by atoms with Gasteiger partial charge in [0.15, 0.2) is 6.61 Å². The molecule has 8 heteroatoms. The first-order chi connectivity index (χ1) is 14.0. The number of carbonyl (C=O) groups is 2. The first kappa shape index (κ1) is 20.1. The van der Waals surface area contributed by atoms with Crippen LogP contribution in [0.15, 0.2) is 52.9 Å². The van der Waals surface area contributed by atoms with Crippen LogP contribution in [0.3, 0.4) is 0 Å². The molecule has 0 fully saturated rings. The van der Waals surface area contributed by atoms with E-state index in [2.05, 4.69) is 21.0 Å². The summed E-state index contributed by atoms with van der Waals surface area (Å²) in [5.41, 5.74) is 7.63. The maximum absolute atomic E-state index is 11.9. The Bertz CT molecular complexity index is 982. The van der Waals surface area contributed by atoms with Crippen LogP contribution in [0.2, 0.25) is 0 Å². The monoisotopic (exact) mass is 394 g/mol. The van der Waals surface area contributed by atoms with Crippen LogP contribution in [0.1, 0.15) is 23.4 Å². The lowest BCUT2D eigenvalue weighted by molar-refractivity contribution is -0.130. The summed E-state index contributed by atoms with van der Waals surface area (Å²) in [7, 11) is 0. The van der Waals surface area contributed by atoms with E-state index in [0.717, 1.165) is 16.7 Å². The molecule has 0 spiro atoms. The fourth-order valence-corrected chi connectivity index (χ4v) is 2.48. The number of nitrogens with one attached hydrogen (secondary N) is 2. The molecule has 29 heavy (non-hydrogen) atoms. The Hall–Kier alpha value is -3.68. The molecule has 150 valence electrons. The third-order valence-electron chi connectivity index (χ3n) is 4.03. The number of carbonyl (C=O) groups excluding carboxylic acids is 2. The van der Waals surface area contributed by atoms with Gasteiger partial charge < -0.3 is 9.15 Å². The lowest BCUT2D eigenvalue weighted by Crippen LogP contribution is -2.43. The van der Waals surface area contributed by atoms with Crippen molar-refractivity contribution in [2.45, 2.75) is 26.7 Å². The second kappa shape index (κ2) is 9.50. The second-order valence-electron chi connectivity index (χ2n) is 6.57. The van der Waals surface area contributed by atoms with Gasteiger partial charge in [-0.05, 0) is 43.7 Å². The van der Waals surface area contributed by atoms with Crippen molar-refractivity contribution in [2.24, 2.45) is 0 Å². The normalized spacial score (nSPS) is 10.4. The molecule has 0 atom stereocenters. The van der Waals surface area contributed by atoms with Gasteiger partial charge in [-0.15, -0.1) is 10.2 Å². The molecule has 1 heterocycles. The number of hydrazine groups is 1. The number of hydrogen-bond donors (Lipinski definition) is 2. The molecule has 2 aromatic carbocycles. The highest BCUT2D eigenvalue weighted by Crippen LogP contribution is 2.18. The highest BCUT2D eigenvalue weighted by atomic mass is 16.5. The Kier molecular flexibility index (Phi) is 6.57. The lowest BCUT2D eigenvalue weighted by atomic mass is 10.1. The van der Waals surface area contributed by atoms with Crippen molar-refractivity contribution in [3.8, 4) is 17.2 Å². The number of aromatic nitrogens is 2. The van der Waals surface area contributed by atoms with Crippen LogP contribution < -0.4 is 15.6 Å². The Labute approximate surface area is 168 Å². The zero-order chi connectivity index (χ0) is 20.6. The maximum Gasteiger partial charge on any atom is 0.276 e. The molecule has 1 aromatic heterocycles. The summed E-state index contributed by atoms with van der Waals surface area (Å²) in [6, 6.07) is 15.1. The average Bonchev–Trinajstić information content (AvgIpc) is 3.19. The summed E-state index contributed by atoms with van der Waals surface area (Å²) in [5.74, 6) is 0.516. The van der Waals surface area contributed by atoms with Crippen LogP contribution in [-0.2, 0) is 16.0 Å². The third kappa shape index (κ3) is 6.17. The van der Waals surface area contributed by atoms with Gasteiger partial charge in [0.05, 0.1) is 0 Å². The van der Waals surface area contributed by atoms with E-state index in [1.165, 1.54) is 0 Å². The van der Waals surface area contributed by atoms with Crippen LogP contribution in [0.4, 0.5) is 0 Å². The number of ether oxygens (including phenoxy) is 1. The predicted molar refractivity (Wildman–Crippen MR) is 106 cm³/mol. The van der Waals surface area contributed by atoms with Crippen molar-refractivity contribution in [3.05, 3.63) is 65.5 Å². The Morgan fingerprint density at radius 2 is 1.72 bits per heavy atom. The molecule has 3 rings (SSSR count). The number of aryl methyl sites for hydroxylation is 3. The summed E-state index contributed by atoms with van der Waals surface area (Å²) in [6.07, 6.45) is 0.356. The summed E-state index contributed by atoms with van der Waals surface area (Å²) >= 11 is 0. The van der Waals surface area contributed by atoms with Crippen molar-refractivity contribution < 1.29 is 18.7 Å². The number of amides is 2. The van der Waals surface area contributed by atoms with Gasteiger partial charge in [-0.3, -0.25) is 20.4 Å². The van der Waals surface area contributed by atoms with Gasteiger partial charge in [0, 0.05) is 18.4 Å². The molecule has 0 aliphatic rings. The quantitative estimate of drug-likeness (QED) is 0.597. The van der Waals surface area contributed by atoms with E-state index in [9.17, 15) is 9.59 Å². The third-order valence-corrected chi connectivity index (χ3v) is 4.03. The number of rotatable bonds is 7. The van der Waals surface area contributed by atoms with Gasteiger partial charge >= 0.3 is 0 Å². The molecule has 0 unspecified atom stereocenters. The van der Waals surface area contributed by atoms with E-state index in [4.69, 9.17) is 9.15 Å². The van der Waals surface area contributed by atoms with Gasteiger partial charge in [-0.1, -0.05) is 29.8 Å².